The highest BCUT2D eigenvalue weighted by Gasteiger charge is 2.10. The van der Waals surface area contributed by atoms with Gasteiger partial charge in [0.1, 0.15) is 5.75 Å². The number of hydrogen-bond donors (Lipinski definition) is 2. The van der Waals surface area contributed by atoms with Gasteiger partial charge in [0.25, 0.3) is 5.91 Å². The number of thiophene rings is 1. The SMILES string of the molecule is CC(C)Oc1ccc(C(C)NC(=O)CCCNC(=O)c2cccs2)cc1. The van der Waals surface area contributed by atoms with Crippen LogP contribution in [-0.2, 0) is 4.79 Å². The van der Waals surface area contributed by atoms with Gasteiger partial charge in [0.05, 0.1) is 17.0 Å². The number of hydrogen-bond acceptors (Lipinski definition) is 4. The molecule has 0 aliphatic rings. The molecule has 26 heavy (non-hydrogen) atoms. The summed E-state index contributed by atoms with van der Waals surface area (Å²) in [6, 6.07) is 11.3. The number of carbonyl (C=O) groups is 2. The number of benzene rings is 1. The van der Waals surface area contributed by atoms with Crippen LogP contribution >= 0.6 is 11.3 Å². The third-order valence-corrected chi connectivity index (χ3v) is 4.61. The molecule has 0 saturated heterocycles. The van der Waals surface area contributed by atoms with Gasteiger partial charge < -0.3 is 15.4 Å². The first-order chi connectivity index (χ1) is 12.5. The van der Waals surface area contributed by atoms with Gasteiger partial charge in [-0.1, -0.05) is 18.2 Å². The van der Waals surface area contributed by atoms with E-state index in [1.54, 1.807) is 6.07 Å². The lowest BCUT2D eigenvalue weighted by atomic mass is 10.1. The Morgan fingerprint density at radius 2 is 1.85 bits per heavy atom. The zero-order chi connectivity index (χ0) is 18.9. The van der Waals surface area contributed by atoms with Crippen LogP contribution < -0.4 is 15.4 Å². The fraction of sp³-hybridized carbons (Fsp3) is 0.400. The number of nitrogens with one attached hydrogen (secondary N) is 2. The highest BCUT2D eigenvalue weighted by molar-refractivity contribution is 7.12. The topological polar surface area (TPSA) is 67.4 Å². The maximum Gasteiger partial charge on any atom is 0.261 e. The maximum atomic E-state index is 12.1. The van der Waals surface area contributed by atoms with Crippen molar-refractivity contribution in [2.24, 2.45) is 0 Å². The highest BCUT2D eigenvalue weighted by Crippen LogP contribution is 2.18. The van der Waals surface area contributed by atoms with Crippen LogP contribution in [0.25, 0.3) is 0 Å². The average molecular weight is 375 g/mol. The first-order valence-electron chi connectivity index (χ1n) is 8.83. The summed E-state index contributed by atoms with van der Waals surface area (Å²) in [4.78, 5) is 24.6. The third-order valence-electron chi connectivity index (χ3n) is 3.74. The van der Waals surface area contributed by atoms with Crippen molar-refractivity contribution in [2.75, 3.05) is 6.54 Å². The van der Waals surface area contributed by atoms with Crippen LogP contribution in [0.4, 0.5) is 0 Å². The number of rotatable bonds is 9. The summed E-state index contributed by atoms with van der Waals surface area (Å²) in [5.41, 5.74) is 1.03. The van der Waals surface area contributed by atoms with Crippen molar-refractivity contribution in [3.8, 4) is 5.75 Å². The molecular weight excluding hydrogens is 348 g/mol. The van der Waals surface area contributed by atoms with Gasteiger partial charge in [0.2, 0.25) is 5.91 Å². The molecule has 2 N–H and O–H groups in total. The van der Waals surface area contributed by atoms with E-state index in [0.717, 1.165) is 11.3 Å². The molecule has 2 aromatic rings. The summed E-state index contributed by atoms with van der Waals surface area (Å²) in [7, 11) is 0. The molecule has 1 atom stereocenters. The van der Waals surface area contributed by atoms with E-state index in [1.807, 2.05) is 56.5 Å². The molecule has 0 spiro atoms. The van der Waals surface area contributed by atoms with Crippen molar-refractivity contribution in [2.45, 2.75) is 45.8 Å². The Morgan fingerprint density at radius 3 is 2.46 bits per heavy atom. The van der Waals surface area contributed by atoms with E-state index in [2.05, 4.69) is 10.6 Å². The third kappa shape index (κ3) is 6.52. The minimum atomic E-state index is -0.0857. The van der Waals surface area contributed by atoms with Crippen molar-refractivity contribution < 1.29 is 14.3 Å². The average Bonchev–Trinajstić information content (AvgIpc) is 3.13. The fourth-order valence-corrected chi connectivity index (χ4v) is 3.09. The highest BCUT2D eigenvalue weighted by atomic mass is 32.1. The van der Waals surface area contributed by atoms with Crippen LogP contribution in [0.5, 0.6) is 5.75 Å². The van der Waals surface area contributed by atoms with E-state index in [9.17, 15) is 9.59 Å². The molecule has 6 heteroatoms. The molecule has 1 aromatic heterocycles. The van der Waals surface area contributed by atoms with E-state index < -0.39 is 0 Å². The lowest BCUT2D eigenvalue weighted by Gasteiger charge is -2.16. The van der Waals surface area contributed by atoms with E-state index in [1.165, 1.54) is 11.3 Å². The van der Waals surface area contributed by atoms with Gasteiger partial charge in [-0.2, -0.15) is 0 Å². The van der Waals surface area contributed by atoms with E-state index in [-0.39, 0.29) is 24.0 Å². The zero-order valence-electron chi connectivity index (χ0n) is 15.5. The molecule has 0 saturated carbocycles. The van der Waals surface area contributed by atoms with Crippen molar-refractivity contribution >= 4 is 23.2 Å². The minimum Gasteiger partial charge on any atom is -0.491 e. The van der Waals surface area contributed by atoms with Crippen LogP contribution in [0.15, 0.2) is 41.8 Å². The van der Waals surface area contributed by atoms with Crippen LogP contribution in [0, 0.1) is 0 Å². The van der Waals surface area contributed by atoms with Gasteiger partial charge >= 0.3 is 0 Å². The van der Waals surface area contributed by atoms with Crippen LogP contribution in [0.2, 0.25) is 0 Å². The lowest BCUT2D eigenvalue weighted by Crippen LogP contribution is -2.28. The molecule has 0 radical (unpaired) electrons. The van der Waals surface area contributed by atoms with E-state index >= 15 is 0 Å². The molecule has 0 aliphatic carbocycles. The minimum absolute atomic E-state index is 0.0228. The number of carbonyl (C=O) groups excluding carboxylic acids is 2. The Morgan fingerprint density at radius 1 is 1.12 bits per heavy atom. The van der Waals surface area contributed by atoms with Gasteiger partial charge in [-0.3, -0.25) is 9.59 Å². The summed E-state index contributed by atoms with van der Waals surface area (Å²) >= 11 is 1.41. The second kappa shape index (κ2) is 9.97. The Labute approximate surface area is 158 Å². The normalized spacial score (nSPS) is 11.8. The van der Waals surface area contributed by atoms with E-state index in [0.29, 0.717) is 24.3 Å². The summed E-state index contributed by atoms with van der Waals surface area (Å²) in [6.07, 6.45) is 1.12. The Balaban J connectivity index is 1.69. The largest absolute Gasteiger partial charge is 0.491 e. The van der Waals surface area contributed by atoms with Crippen LogP contribution in [0.1, 0.15) is 54.9 Å². The summed E-state index contributed by atoms with van der Waals surface area (Å²) < 4.78 is 5.62. The number of ether oxygens (including phenoxy) is 1. The molecule has 2 rings (SSSR count). The Kier molecular flexibility index (Phi) is 7.66. The fourth-order valence-electron chi connectivity index (χ4n) is 2.45. The first kappa shape index (κ1) is 20.0. The Hall–Kier alpha value is -2.34. The van der Waals surface area contributed by atoms with Gasteiger partial charge in [0, 0.05) is 13.0 Å². The molecule has 0 bridgehead atoms. The van der Waals surface area contributed by atoms with Crippen LogP contribution in [0.3, 0.4) is 0 Å². The quantitative estimate of drug-likeness (QED) is 0.654. The van der Waals surface area contributed by atoms with Gasteiger partial charge in [-0.25, -0.2) is 0 Å². The molecule has 0 aliphatic heterocycles. The van der Waals surface area contributed by atoms with Crippen molar-refractivity contribution in [3.63, 3.8) is 0 Å². The Bertz CT molecular complexity index is 696. The number of amides is 2. The molecule has 1 aromatic carbocycles. The molecule has 0 fully saturated rings. The second-order valence-electron chi connectivity index (χ2n) is 6.36. The van der Waals surface area contributed by atoms with Gasteiger partial charge in [-0.15, -0.1) is 11.3 Å². The smallest absolute Gasteiger partial charge is 0.261 e. The summed E-state index contributed by atoms with van der Waals surface area (Å²) in [6.45, 7) is 6.41. The lowest BCUT2D eigenvalue weighted by molar-refractivity contribution is -0.121. The predicted molar refractivity (Wildman–Crippen MR) is 105 cm³/mol. The molecule has 2 amide bonds. The van der Waals surface area contributed by atoms with Gasteiger partial charge in [-0.05, 0) is 56.3 Å². The summed E-state index contributed by atoms with van der Waals surface area (Å²) in [5.74, 6) is 0.714. The molecule has 140 valence electrons. The van der Waals surface area contributed by atoms with E-state index in [4.69, 9.17) is 4.74 Å². The monoisotopic (exact) mass is 374 g/mol. The second-order valence-corrected chi connectivity index (χ2v) is 7.31. The zero-order valence-corrected chi connectivity index (χ0v) is 16.3. The van der Waals surface area contributed by atoms with Crippen molar-refractivity contribution in [3.05, 3.63) is 52.2 Å². The standard InChI is InChI=1S/C20H26N2O3S/c1-14(2)25-17-10-8-16(9-11-17)15(3)22-19(23)7-4-12-21-20(24)18-6-5-13-26-18/h5-6,8-11,13-15H,4,7,12H2,1-3H3,(H,21,24)(H,22,23). The first-order valence-corrected chi connectivity index (χ1v) is 9.71. The van der Waals surface area contributed by atoms with Gasteiger partial charge in [0.15, 0.2) is 0 Å². The molecule has 5 nitrogen and oxygen atoms in total. The van der Waals surface area contributed by atoms with Crippen LogP contribution in [-0.4, -0.2) is 24.5 Å². The molecular formula is C20H26N2O3S. The van der Waals surface area contributed by atoms with Crippen molar-refractivity contribution in [1.82, 2.24) is 10.6 Å². The maximum absolute atomic E-state index is 12.1. The molecule has 1 unspecified atom stereocenters. The van der Waals surface area contributed by atoms with Crippen molar-refractivity contribution in [1.29, 1.82) is 0 Å². The predicted octanol–water partition coefficient (Wildman–Crippen LogP) is 3.92. The summed E-state index contributed by atoms with van der Waals surface area (Å²) in [5, 5.41) is 7.67. The molecule has 1 heterocycles.